The molecular formula is C27H41N7O2. The van der Waals surface area contributed by atoms with E-state index in [0.717, 1.165) is 57.1 Å². The van der Waals surface area contributed by atoms with Gasteiger partial charge in [0.2, 0.25) is 0 Å². The van der Waals surface area contributed by atoms with E-state index in [9.17, 15) is 9.90 Å². The van der Waals surface area contributed by atoms with Gasteiger partial charge in [0.1, 0.15) is 5.75 Å². The van der Waals surface area contributed by atoms with Crippen molar-refractivity contribution < 1.29 is 9.90 Å². The second-order valence-corrected chi connectivity index (χ2v) is 10.6. The first kappa shape index (κ1) is 26.2. The van der Waals surface area contributed by atoms with Crippen LogP contribution in [0.5, 0.6) is 5.75 Å². The second-order valence-electron chi connectivity index (χ2n) is 10.6. The van der Waals surface area contributed by atoms with Crippen LogP contribution in [0.25, 0.3) is 0 Å². The molecule has 36 heavy (non-hydrogen) atoms. The fraction of sp³-hybridized carbons (Fsp3) is 0.593. The number of rotatable bonds is 6. The number of aromatic nitrogens is 2. The van der Waals surface area contributed by atoms with Gasteiger partial charge in [-0.2, -0.15) is 0 Å². The molecule has 4 N–H and O–H groups in total. The largest absolute Gasteiger partial charge is 0.508 e. The number of amides is 1. The van der Waals surface area contributed by atoms with Crippen molar-refractivity contribution in [3.8, 4) is 5.75 Å². The molecule has 3 heterocycles. The Morgan fingerprint density at radius 2 is 1.81 bits per heavy atom. The summed E-state index contributed by atoms with van der Waals surface area (Å²) in [6, 6.07) is 8.56. The lowest BCUT2D eigenvalue weighted by molar-refractivity contribution is 0.0290. The molecule has 1 aromatic carbocycles. The van der Waals surface area contributed by atoms with Gasteiger partial charge in [0.25, 0.3) is 5.91 Å². The van der Waals surface area contributed by atoms with Crippen molar-refractivity contribution in [2.75, 3.05) is 49.9 Å². The Balaban J connectivity index is 1.37. The van der Waals surface area contributed by atoms with E-state index in [4.69, 9.17) is 5.73 Å². The number of carbonyl (C=O) groups excluding carboxylic acids is 1. The number of nitrogens with zero attached hydrogens (tertiary/aromatic N) is 5. The minimum atomic E-state index is -0.282. The van der Waals surface area contributed by atoms with Crippen LogP contribution in [0.1, 0.15) is 62.3 Å². The van der Waals surface area contributed by atoms with E-state index in [1.54, 1.807) is 12.1 Å². The number of hydrogen-bond donors (Lipinski definition) is 3. The normalized spacial score (nSPS) is 20.5. The Kier molecular flexibility index (Phi) is 7.70. The molecule has 2 saturated heterocycles. The monoisotopic (exact) mass is 495 g/mol. The maximum absolute atomic E-state index is 12.2. The summed E-state index contributed by atoms with van der Waals surface area (Å²) in [5.41, 5.74) is 8.21. The van der Waals surface area contributed by atoms with Crippen molar-refractivity contribution in [3.05, 3.63) is 41.2 Å². The standard InChI is InChI=1S/C27H41N7O2/c1-6-29-26(36)23-24(28)31-25(19(3)30-23)32-15-16-34(18(2)17-32)21-11-13-33(14-12-21)27(4,5)20-7-9-22(35)10-8-20/h7-10,18,21,35H,6,11-17H2,1-5H3,(H2,28,31)(H,29,36). The Morgan fingerprint density at radius 3 is 2.42 bits per heavy atom. The van der Waals surface area contributed by atoms with Gasteiger partial charge in [-0.25, -0.2) is 9.97 Å². The number of carbonyl (C=O) groups is 1. The molecule has 0 bridgehead atoms. The Hall–Kier alpha value is -2.91. The van der Waals surface area contributed by atoms with Crippen molar-refractivity contribution in [1.29, 1.82) is 0 Å². The number of hydrogen-bond acceptors (Lipinski definition) is 8. The number of aryl methyl sites for hydroxylation is 1. The minimum Gasteiger partial charge on any atom is -0.508 e. The van der Waals surface area contributed by atoms with E-state index in [1.807, 2.05) is 26.0 Å². The summed E-state index contributed by atoms with van der Waals surface area (Å²) in [7, 11) is 0. The van der Waals surface area contributed by atoms with E-state index in [1.165, 1.54) is 5.56 Å². The van der Waals surface area contributed by atoms with Crippen molar-refractivity contribution in [2.24, 2.45) is 0 Å². The van der Waals surface area contributed by atoms with Crippen LogP contribution < -0.4 is 16.0 Å². The van der Waals surface area contributed by atoms with E-state index in [-0.39, 0.29) is 23.0 Å². The predicted octanol–water partition coefficient (Wildman–Crippen LogP) is 2.73. The van der Waals surface area contributed by atoms with Crippen molar-refractivity contribution in [2.45, 2.75) is 65.1 Å². The van der Waals surface area contributed by atoms with Crippen LogP contribution in [0.3, 0.4) is 0 Å². The third-order valence-electron chi connectivity index (χ3n) is 7.90. The lowest BCUT2D eigenvalue weighted by atomic mass is 9.88. The number of nitrogen functional groups attached to an aromatic ring is 1. The lowest BCUT2D eigenvalue weighted by Gasteiger charge is -2.49. The lowest BCUT2D eigenvalue weighted by Crippen LogP contribution is -2.59. The highest BCUT2D eigenvalue weighted by molar-refractivity contribution is 5.96. The third-order valence-corrected chi connectivity index (χ3v) is 7.90. The average Bonchev–Trinajstić information content (AvgIpc) is 2.85. The van der Waals surface area contributed by atoms with Crippen LogP contribution in [0, 0.1) is 6.92 Å². The molecular weight excluding hydrogens is 454 g/mol. The first-order chi connectivity index (χ1) is 17.1. The zero-order valence-electron chi connectivity index (χ0n) is 22.3. The number of phenols is 1. The second kappa shape index (κ2) is 10.6. The number of nitrogens with two attached hydrogens (primary N) is 1. The van der Waals surface area contributed by atoms with Crippen LogP contribution >= 0.6 is 0 Å². The number of piperazine rings is 1. The highest BCUT2D eigenvalue weighted by Crippen LogP contribution is 2.33. The molecule has 1 aromatic heterocycles. The zero-order chi connectivity index (χ0) is 26.0. The third kappa shape index (κ3) is 5.27. The van der Waals surface area contributed by atoms with Gasteiger partial charge >= 0.3 is 0 Å². The number of phenolic OH excluding ortho intramolecular Hbond substituents is 1. The van der Waals surface area contributed by atoms with Gasteiger partial charge in [0.05, 0.1) is 5.69 Å². The number of piperidine rings is 1. The van der Waals surface area contributed by atoms with E-state index in [2.05, 4.69) is 50.8 Å². The molecule has 2 fully saturated rings. The molecule has 1 amide bonds. The van der Waals surface area contributed by atoms with Crippen LogP contribution in [-0.2, 0) is 5.54 Å². The SMILES string of the molecule is CCNC(=O)c1nc(C)c(N2CCN(C3CCN(C(C)(C)c4ccc(O)cc4)CC3)C(C)C2)nc1N. The Morgan fingerprint density at radius 1 is 1.14 bits per heavy atom. The molecule has 196 valence electrons. The van der Waals surface area contributed by atoms with Gasteiger partial charge in [-0.15, -0.1) is 0 Å². The number of likely N-dealkylation sites (tertiary alicyclic amines) is 1. The van der Waals surface area contributed by atoms with Crippen LogP contribution in [-0.4, -0.2) is 82.1 Å². The van der Waals surface area contributed by atoms with E-state index < -0.39 is 0 Å². The molecule has 0 saturated carbocycles. The van der Waals surface area contributed by atoms with E-state index in [0.29, 0.717) is 24.4 Å². The molecule has 2 aromatic rings. The molecule has 1 atom stereocenters. The summed E-state index contributed by atoms with van der Waals surface area (Å²) in [5, 5.41) is 12.4. The van der Waals surface area contributed by atoms with Gasteiger partial charge in [-0.1, -0.05) is 12.1 Å². The summed E-state index contributed by atoms with van der Waals surface area (Å²) < 4.78 is 0. The highest BCUT2D eigenvalue weighted by atomic mass is 16.3. The fourth-order valence-corrected chi connectivity index (χ4v) is 5.75. The quantitative estimate of drug-likeness (QED) is 0.561. The predicted molar refractivity (Wildman–Crippen MR) is 143 cm³/mol. The van der Waals surface area contributed by atoms with Gasteiger partial charge in [0.15, 0.2) is 17.3 Å². The summed E-state index contributed by atoms with van der Waals surface area (Å²) in [5.74, 6) is 0.983. The molecule has 4 rings (SSSR count). The molecule has 2 aliphatic rings. The first-order valence-electron chi connectivity index (χ1n) is 13.1. The summed E-state index contributed by atoms with van der Waals surface area (Å²) in [4.78, 5) is 28.8. The molecule has 0 radical (unpaired) electrons. The number of aromatic hydroxyl groups is 1. The van der Waals surface area contributed by atoms with Crippen molar-refractivity contribution >= 4 is 17.5 Å². The van der Waals surface area contributed by atoms with Crippen molar-refractivity contribution in [3.63, 3.8) is 0 Å². The van der Waals surface area contributed by atoms with Gasteiger partial charge in [0, 0.05) is 56.9 Å². The van der Waals surface area contributed by atoms with Crippen LogP contribution in [0.15, 0.2) is 24.3 Å². The molecule has 0 aliphatic carbocycles. The summed E-state index contributed by atoms with van der Waals surface area (Å²) >= 11 is 0. The van der Waals surface area contributed by atoms with Gasteiger partial charge in [-0.05, 0) is 65.2 Å². The first-order valence-corrected chi connectivity index (χ1v) is 13.1. The Labute approximate surface area is 214 Å². The molecule has 2 aliphatic heterocycles. The minimum absolute atomic E-state index is 0.0701. The molecule has 9 nitrogen and oxygen atoms in total. The van der Waals surface area contributed by atoms with Gasteiger partial charge in [-0.3, -0.25) is 14.6 Å². The molecule has 0 spiro atoms. The maximum Gasteiger partial charge on any atom is 0.273 e. The topological polar surface area (TPSA) is 111 Å². The van der Waals surface area contributed by atoms with Crippen molar-refractivity contribution in [1.82, 2.24) is 25.1 Å². The number of benzene rings is 1. The molecule has 9 heteroatoms. The highest BCUT2D eigenvalue weighted by Gasteiger charge is 2.36. The summed E-state index contributed by atoms with van der Waals surface area (Å²) in [6.07, 6.45) is 2.28. The Bertz CT molecular complexity index is 1060. The zero-order valence-corrected chi connectivity index (χ0v) is 22.3. The average molecular weight is 496 g/mol. The molecule has 1 unspecified atom stereocenters. The summed E-state index contributed by atoms with van der Waals surface area (Å²) in [6.45, 7) is 15.9. The van der Waals surface area contributed by atoms with Gasteiger partial charge < -0.3 is 21.1 Å². The number of anilines is 2. The van der Waals surface area contributed by atoms with Crippen LogP contribution in [0.2, 0.25) is 0 Å². The smallest absolute Gasteiger partial charge is 0.273 e. The fourth-order valence-electron chi connectivity index (χ4n) is 5.75. The van der Waals surface area contributed by atoms with E-state index >= 15 is 0 Å². The number of nitrogens with one attached hydrogen (secondary N) is 1. The maximum atomic E-state index is 12.2. The van der Waals surface area contributed by atoms with Crippen LogP contribution in [0.4, 0.5) is 11.6 Å².